The highest BCUT2D eigenvalue weighted by molar-refractivity contribution is 5.86. The Morgan fingerprint density at radius 2 is 2.10 bits per heavy atom. The van der Waals surface area contributed by atoms with E-state index < -0.39 is 0 Å². The fraction of sp³-hybridized carbons (Fsp3) is 0.571. The molecule has 0 bridgehead atoms. The van der Waals surface area contributed by atoms with Crippen molar-refractivity contribution in [2.75, 3.05) is 6.61 Å². The second-order valence-corrected chi connectivity index (χ2v) is 1.92. The van der Waals surface area contributed by atoms with E-state index in [1.54, 1.807) is 6.92 Å². The predicted molar refractivity (Wildman–Crippen MR) is 41.8 cm³/mol. The maximum Gasteiger partial charge on any atom is 0.333 e. The quantitative estimate of drug-likeness (QED) is 0.348. The van der Waals surface area contributed by atoms with Crippen molar-refractivity contribution in [1.29, 1.82) is 0 Å². The highest BCUT2D eigenvalue weighted by atomic mass is 28.1. The Morgan fingerprint density at radius 3 is 2.40 bits per heavy atom. The van der Waals surface area contributed by atoms with Gasteiger partial charge in [0.1, 0.15) is 0 Å². The Labute approximate surface area is 66.3 Å². The van der Waals surface area contributed by atoms with Crippen LogP contribution in [0.3, 0.4) is 0 Å². The van der Waals surface area contributed by atoms with Crippen molar-refractivity contribution >= 4 is 16.9 Å². The van der Waals surface area contributed by atoms with E-state index in [0.717, 1.165) is 6.42 Å². The Hall–Kier alpha value is -0.573. The molecule has 0 unspecified atom stereocenters. The number of rotatable bonds is 3. The largest absolute Gasteiger partial charge is 0.462 e. The van der Waals surface area contributed by atoms with Gasteiger partial charge in [-0.05, 0) is 13.3 Å². The molecule has 0 spiro atoms. The molecule has 0 aromatic heterocycles. The molecule has 0 aromatic carbocycles. The zero-order chi connectivity index (χ0) is 7.28. The van der Waals surface area contributed by atoms with Gasteiger partial charge in [-0.2, -0.15) is 0 Å². The zero-order valence-electron chi connectivity index (χ0n) is 6.44. The summed E-state index contributed by atoms with van der Waals surface area (Å²) in [4.78, 5) is 10.6. The van der Waals surface area contributed by atoms with Gasteiger partial charge in [0, 0.05) is 16.5 Å². The average Bonchev–Trinajstić information content (AvgIpc) is 1.82. The molecule has 0 aliphatic carbocycles. The SMILES string of the molecule is C=C(C)C(=O)OCCC.[Si]. The van der Waals surface area contributed by atoms with Crippen LogP contribution in [0.1, 0.15) is 20.3 Å². The third-order valence-corrected chi connectivity index (χ3v) is 0.786. The highest BCUT2D eigenvalue weighted by Gasteiger charge is 1.99. The van der Waals surface area contributed by atoms with Gasteiger partial charge in [-0.25, -0.2) is 4.79 Å². The maximum atomic E-state index is 10.6. The number of esters is 1. The molecular formula is C7H12O2Si. The van der Waals surface area contributed by atoms with Gasteiger partial charge < -0.3 is 4.74 Å². The first-order valence-corrected chi connectivity index (χ1v) is 3.01. The van der Waals surface area contributed by atoms with Crippen molar-refractivity contribution in [3.63, 3.8) is 0 Å². The second-order valence-electron chi connectivity index (χ2n) is 1.92. The van der Waals surface area contributed by atoms with Gasteiger partial charge >= 0.3 is 5.97 Å². The molecule has 0 atom stereocenters. The molecule has 0 aliphatic heterocycles. The molecule has 10 heavy (non-hydrogen) atoms. The van der Waals surface area contributed by atoms with Crippen LogP contribution >= 0.6 is 0 Å². The number of hydrogen-bond acceptors (Lipinski definition) is 2. The average molecular weight is 156 g/mol. The van der Waals surface area contributed by atoms with E-state index in [1.165, 1.54) is 0 Å². The van der Waals surface area contributed by atoms with E-state index >= 15 is 0 Å². The molecule has 3 heteroatoms. The monoisotopic (exact) mass is 156 g/mol. The van der Waals surface area contributed by atoms with Crippen molar-refractivity contribution in [1.82, 2.24) is 0 Å². The van der Waals surface area contributed by atoms with Crippen LogP contribution in [-0.2, 0) is 9.53 Å². The smallest absolute Gasteiger partial charge is 0.333 e. The lowest BCUT2D eigenvalue weighted by Gasteiger charge is -1.99. The van der Waals surface area contributed by atoms with Crippen LogP contribution in [0.15, 0.2) is 12.2 Å². The van der Waals surface area contributed by atoms with Gasteiger partial charge in [-0.1, -0.05) is 13.5 Å². The minimum atomic E-state index is -0.295. The first-order valence-electron chi connectivity index (χ1n) is 3.01. The second kappa shape index (κ2) is 6.55. The van der Waals surface area contributed by atoms with Gasteiger partial charge in [0.25, 0.3) is 0 Å². The molecule has 0 heterocycles. The van der Waals surface area contributed by atoms with Gasteiger partial charge in [0.05, 0.1) is 6.61 Å². The molecule has 4 radical (unpaired) electrons. The summed E-state index contributed by atoms with van der Waals surface area (Å²) in [5.74, 6) is -0.295. The van der Waals surface area contributed by atoms with Gasteiger partial charge in [0.2, 0.25) is 0 Å². The van der Waals surface area contributed by atoms with Crippen molar-refractivity contribution in [3.8, 4) is 0 Å². The zero-order valence-corrected chi connectivity index (χ0v) is 7.44. The molecule has 0 aromatic rings. The fourth-order valence-corrected chi connectivity index (χ4v) is 0.318. The van der Waals surface area contributed by atoms with E-state index in [4.69, 9.17) is 4.74 Å². The standard InChI is InChI=1S/C7H12O2.Si/c1-4-5-9-7(8)6(2)3;/h2,4-5H2,1,3H3;. The Morgan fingerprint density at radius 1 is 1.60 bits per heavy atom. The Kier molecular flexibility index (Phi) is 7.94. The van der Waals surface area contributed by atoms with Crippen LogP contribution < -0.4 is 0 Å². The number of carbonyl (C=O) groups excluding carboxylic acids is 1. The molecule has 0 aliphatic rings. The molecule has 0 fully saturated rings. The van der Waals surface area contributed by atoms with Crippen molar-refractivity contribution < 1.29 is 9.53 Å². The topological polar surface area (TPSA) is 26.3 Å². The van der Waals surface area contributed by atoms with Crippen LogP contribution in [0.5, 0.6) is 0 Å². The minimum Gasteiger partial charge on any atom is -0.462 e. The molecule has 0 rings (SSSR count). The molecular weight excluding hydrogens is 144 g/mol. The van der Waals surface area contributed by atoms with Gasteiger partial charge in [0.15, 0.2) is 0 Å². The fourth-order valence-electron chi connectivity index (χ4n) is 0.318. The van der Waals surface area contributed by atoms with Crippen LogP contribution in [-0.4, -0.2) is 23.5 Å². The summed E-state index contributed by atoms with van der Waals surface area (Å²) >= 11 is 0. The summed E-state index contributed by atoms with van der Waals surface area (Å²) in [5, 5.41) is 0. The summed E-state index contributed by atoms with van der Waals surface area (Å²) in [6, 6.07) is 0. The summed E-state index contributed by atoms with van der Waals surface area (Å²) in [5.41, 5.74) is 0.462. The highest BCUT2D eigenvalue weighted by Crippen LogP contribution is 1.91. The van der Waals surface area contributed by atoms with E-state index in [0.29, 0.717) is 12.2 Å². The molecule has 0 saturated heterocycles. The normalized spacial score (nSPS) is 7.80. The summed E-state index contributed by atoms with van der Waals surface area (Å²) in [6.07, 6.45) is 0.860. The first kappa shape index (κ1) is 12.1. The van der Waals surface area contributed by atoms with E-state index in [9.17, 15) is 4.79 Å². The van der Waals surface area contributed by atoms with Crippen molar-refractivity contribution in [3.05, 3.63) is 12.2 Å². The molecule has 0 saturated carbocycles. The molecule has 2 nitrogen and oxygen atoms in total. The van der Waals surface area contributed by atoms with Crippen LogP contribution in [0.4, 0.5) is 0 Å². The Bertz CT molecular complexity index is 121. The molecule has 0 amide bonds. The predicted octanol–water partition coefficient (Wildman–Crippen LogP) is 1.13. The lowest BCUT2D eigenvalue weighted by Crippen LogP contribution is -2.04. The van der Waals surface area contributed by atoms with E-state index in [2.05, 4.69) is 6.58 Å². The summed E-state index contributed by atoms with van der Waals surface area (Å²) in [6.45, 7) is 7.51. The van der Waals surface area contributed by atoms with Crippen molar-refractivity contribution in [2.45, 2.75) is 20.3 Å². The van der Waals surface area contributed by atoms with Gasteiger partial charge in [-0.15, -0.1) is 0 Å². The third-order valence-electron chi connectivity index (χ3n) is 0.786. The lowest BCUT2D eigenvalue weighted by atomic mass is 10.4. The minimum absolute atomic E-state index is 0. The van der Waals surface area contributed by atoms with Gasteiger partial charge in [-0.3, -0.25) is 0 Å². The molecule has 56 valence electrons. The van der Waals surface area contributed by atoms with Crippen LogP contribution in [0.2, 0.25) is 0 Å². The van der Waals surface area contributed by atoms with E-state index in [-0.39, 0.29) is 16.9 Å². The van der Waals surface area contributed by atoms with Crippen molar-refractivity contribution in [2.24, 2.45) is 0 Å². The number of carbonyl (C=O) groups is 1. The van der Waals surface area contributed by atoms with E-state index in [1.807, 2.05) is 6.92 Å². The maximum absolute atomic E-state index is 10.6. The van der Waals surface area contributed by atoms with Crippen LogP contribution in [0, 0.1) is 0 Å². The molecule has 0 N–H and O–H groups in total. The third kappa shape index (κ3) is 5.56. The number of hydrogen-bond donors (Lipinski definition) is 0. The summed E-state index contributed by atoms with van der Waals surface area (Å²) < 4.78 is 4.71. The summed E-state index contributed by atoms with van der Waals surface area (Å²) in [7, 11) is 0. The first-order chi connectivity index (χ1) is 4.18. The lowest BCUT2D eigenvalue weighted by molar-refractivity contribution is -0.138. The number of ether oxygens (including phenoxy) is 1. The van der Waals surface area contributed by atoms with Crippen LogP contribution in [0.25, 0.3) is 0 Å². The Balaban J connectivity index is 0.